The van der Waals surface area contributed by atoms with Crippen molar-refractivity contribution in [1.29, 1.82) is 5.26 Å². The average Bonchev–Trinajstić information content (AvgIpc) is 2.99. The summed E-state index contributed by atoms with van der Waals surface area (Å²) in [5, 5.41) is 15.8. The van der Waals surface area contributed by atoms with Crippen LogP contribution in [0.3, 0.4) is 0 Å². The van der Waals surface area contributed by atoms with E-state index in [1.165, 1.54) is 6.34 Å². The third kappa shape index (κ3) is 3.14. The Kier molecular flexibility index (Phi) is 4.35. The maximum atomic E-state index is 9.13. The number of H-pyrrole nitrogens is 1. The lowest BCUT2D eigenvalue weighted by molar-refractivity contribution is 0.230. The first-order valence-electron chi connectivity index (χ1n) is 6.14. The Hall–Kier alpha value is -2.81. The highest BCUT2D eigenvalue weighted by Crippen LogP contribution is 2.27. The second kappa shape index (κ2) is 6.38. The van der Waals surface area contributed by atoms with Crippen LogP contribution >= 0.6 is 0 Å². The molecule has 0 aliphatic carbocycles. The number of nitrogens with zero attached hydrogens (tertiary/aromatic N) is 3. The maximum Gasteiger partial charge on any atom is 0.138 e. The third-order valence-electron chi connectivity index (χ3n) is 2.73. The van der Waals surface area contributed by atoms with Crippen LogP contribution < -0.4 is 10.5 Å². The molecule has 1 heterocycles. The van der Waals surface area contributed by atoms with Crippen LogP contribution in [0.15, 0.2) is 35.6 Å². The van der Waals surface area contributed by atoms with E-state index in [4.69, 9.17) is 15.7 Å². The van der Waals surface area contributed by atoms with Gasteiger partial charge in [-0.15, -0.1) is 0 Å². The number of nitrogens with one attached hydrogen (secondary N) is 1. The van der Waals surface area contributed by atoms with E-state index in [9.17, 15) is 0 Å². The van der Waals surface area contributed by atoms with Crippen LogP contribution in [0.2, 0.25) is 0 Å². The van der Waals surface area contributed by atoms with Crippen molar-refractivity contribution < 1.29 is 4.74 Å². The van der Waals surface area contributed by atoms with Crippen LogP contribution in [0.4, 0.5) is 0 Å². The van der Waals surface area contributed by atoms with Crippen molar-refractivity contribution in [2.75, 3.05) is 6.54 Å². The molecule has 0 fully saturated rings. The lowest BCUT2D eigenvalue weighted by Crippen LogP contribution is -2.16. The van der Waals surface area contributed by atoms with Gasteiger partial charge in [-0.1, -0.05) is 6.07 Å². The molecule has 102 valence electrons. The lowest BCUT2D eigenvalue weighted by atomic mass is 10.1. The van der Waals surface area contributed by atoms with Crippen molar-refractivity contribution in [1.82, 2.24) is 10.2 Å². The van der Waals surface area contributed by atoms with Gasteiger partial charge in [-0.25, -0.2) is 0 Å². The molecule has 3 N–H and O–H groups in total. The number of aromatic amines is 1. The molecule has 6 heteroatoms. The van der Waals surface area contributed by atoms with Crippen molar-refractivity contribution in [3.05, 3.63) is 36.2 Å². The fourth-order valence-corrected chi connectivity index (χ4v) is 1.76. The van der Waals surface area contributed by atoms with E-state index in [0.717, 1.165) is 11.1 Å². The second-order valence-corrected chi connectivity index (χ2v) is 4.25. The molecule has 0 saturated heterocycles. The van der Waals surface area contributed by atoms with Crippen LogP contribution in [0.25, 0.3) is 11.1 Å². The summed E-state index contributed by atoms with van der Waals surface area (Å²) < 4.78 is 5.75. The maximum absolute atomic E-state index is 9.13. The number of ether oxygens (including phenoxy) is 1. The van der Waals surface area contributed by atoms with Crippen LogP contribution in [0.1, 0.15) is 12.5 Å². The van der Waals surface area contributed by atoms with E-state index in [2.05, 4.69) is 21.3 Å². The lowest BCUT2D eigenvalue weighted by Gasteiger charge is -2.14. The fourth-order valence-electron chi connectivity index (χ4n) is 1.76. The molecule has 0 aliphatic rings. The van der Waals surface area contributed by atoms with Gasteiger partial charge in [0, 0.05) is 11.8 Å². The van der Waals surface area contributed by atoms with Crippen LogP contribution in [-0.4, -0.2) is 29.2 Å². The van der Waals surface area contributed by atoms with Crippen LogP contribution in [0.5, 0.6) is 5.75 Å². The van der Waals surface area contributed by atoms with Crippen LogP contribution in [0, 0.1) is 11.3 Å². The highest BCUT2D eigenvalue weighted by molar-refractivity contribution is 5.65. The summed E-state index contributed by atoms with van der Waals surface area (Å²) in [6, 6.07) is 7.54. The molecule has 20 heavy (non-hydrogen) atoms. The van der Waals surface area contributed by atoms with Gasteiger partial charge in [0.15, 0.2) is 0 Å². The Morgan fingerprint density at radius 2 is 2.40 bits per heavy atom. The van der Waals surface area contributed by atoms with Crippen molar-refractivity contribution >= 4 is 6.34 Å². The molecule has 0 radical (unpaired) electrons. The van der Waals surface area contributed by atoms with Crippen molar-refractivity contribution in [2.45, 2.75) is 13.0 Å². The first-order chi connectivity index (χ1) is 9.74. The summed E-state index contributed by atoms with van der Waals surface area (Å²) >= 11 is 0. The highest BCUT2D eigenvalue weighted by atomic mass is 16.5. The Morgan fingerprint density at radius 1 is 1.55 bits per heavy atom. The predicted molar refractivity (Wildman–Crippen MR) is 76.4 cm³/mol. The summed E-state index contributed by atoms with van der Waals surface area (Å²) in [7, 11) is 0. The van der Waals surface area contributed by atoms with Gasteiger partial charge in [-0.2, -0.15) is 10.4 Å². The number of hydrogen-bond donors (Lipinski definition) is 2. The minimum Gasteiger partial charge on any atom is -0.487 e. The van der Waals surface area contributed by atoms with Gasteiger partial charge in [0.2, 0.25) is 0 Å². The topological polar surface area (TPSA) is 100 Å². The molecule has 0 saturated carbocycles. The minimum absolute atomic E-state index is 0.165. The van der Waals surface area contributed by atoms with E-state index < -0.39 is 0 Å². The number of nitrogens with two attached hydrogens (primary N) is 1. The highest BCUT2D eigenvalue weighted by Gasteiger charge is 2.10. The Morgan fingerprint density at radius 3 is 3.05 bits per heavy atom. The molecule has 1 atom stereocenters. The Labute approximate surface area is 116 Å². The van der Waals surface area contributed by atoms with E-state index in [-0.39, 0.29) is 6.10 Å². The summed E-state index contributed by atoms with van der Waals surface area (Å²) in [4.78, 5) is 3.93. The second-order valence-electron chi connectivity index (χ2n) is 4.25. The quantitative estimate of drug-likeness (QED) is 0.637. The zero-order chi connectivity index (χ0) is 14.4. The molecular weight excluding hydrogens is 254 g/mol. The van der Waals surface area contributed by atoms with E-state index in [0.29, 0.717) is 17.9 Å². The first kappa shape index (κ1) is 13.6. The first-order valence-corrected chi connectivity index (χ1v) is 6.14. The van der Waals surface area contributed by atoms with Crippen molar-refractivity contribution in [3.63, 3.8) is 0 Å². The molecule has 0 aliphatic heterocycles. The molecule has 0 bridgehead atoms. The number of benzene rings is 1. The standard InChI is InChI=1S/C14H15N5O/c1-10(6-17-9-16)20-14-4-11(2-3-12(14)5-15)13-7-18-19-8-13/h2-4,7-10H,6H2,1H3,(H2,16,17)(H,18,19)/t10-/m0/s1. The summed E-state index contributed by atoms with van der Waals surface area (Å²) in [6.45, 7) is 2.32. The molecular formula is C14H15N5O. The van der Waals surface area contributed by atoms with E-state index in [1.807, 2.05) is 19.1 Å². The number of nitriles is 1. The molecule has 1 aromatic heterocycles. The molecule has 0 spiro atoms. The molecule has 0 amide bonds. The monoisotopic (exact) mass is 269 g/mol. The Bertz CT molecular complexity index is 628. The molecule has 0 unspecified atom stereocenters. The summed E-state index contributed by atoms with van der Waals surface area (Å²) in [5.74, 6) is 0.533. The van der Waals surface area contributed by atoms with Gasteiger partial charge < -0.3 is 10.5 Å². The average molecular weight is 269 g/mol. The van der Waals surface area contributed by atoms with E-state index in [1.54, 1.807) is 18.5 Å². The molecule has 6 nitrogen and oxygen atoms in total. The smallest absolute Gasteiger partial charge is 0.138 e. The van der Waals surface area contributed by atoms with Crippen molar-refractivity contribution in [2.24, 2.45) is 10.7 Å². The third-order valence-corrected chi connectivity index (χ3v) is 2.73. The van der Waals surface area contributed by atoms with Crippen LogP contribution in [-0.2, 0) is 0 Å². The number of aromatic nitrogens is 2. The predicted octanol–water partition coefficient (Wildman–Crippen LogP) is 1.70. The van der Waals surface area contributed by atoms with E-state index >= 15 is 0 Å². The summed E-state index contributed by atoms with van der Waals surface area (Å²) in [6.07, 6.45) is 4.58. The normalized spacial score (nSPS) is 12.2. The molecule has 2 rings (SSSR count). The van der Waals surface area contributed by atoms with Gasteiger partial charge in [0.25, 0.3) is 0 Å². The van der Waals surface area contributed by atoms with Gasteiger partial charge in [-0.3, -0.25) is 10.1 Å². The van der Waals surface area contributed by atoms with Gasteiger partial charge in [0.1, 0.15) is 17.9 Å². The van der Waals surface area contributed by atoms with Gasteiger partial charge >= 0.3 is 0 Å². The SMILES string of the molecule is C[C@@H](CN=CN)Oc1cc(-c2cn[nH]c2)ccc1C#N. The number of aliphatic imine (C=N–C) groups is 1. The zero-order valence-corrected chi connectivity index (χ0v) is 11.1. The largest absolute Gasteiger partial charge is 0.487 e. The van der Waals surface area contributed by atoms with Gasteiger partial charge in [0.05, 0.1) is 24.6 Å². The number of rotatable bonds is 5. The van der Waals surface area contributed by atoms with Gasteiger partial charge in [-0.05, 0) is 24.6 Å². The molecule has 2 aromatic rings. The van der Waals surface area contributed by atoms with Crippen molar-refractivity contribution in [3.8, 4) is 22.9 Å². The Balaban J connectivity index is 2.26. The molecule has 1 aromatic carbocycles. The number of hydrogen-bond acceptors (Lipinski definition) is 4. The fraction of sp³-hybridized carbons (Fsp3) is 0.214. The zero-order valence-electron chi connectivity index (χ0n) is 11.1. The minimum atomic E-state index is -0.165. The summed E-state index contributed by atoms with van der Waals surface area (Å²) in [5.41, 5.74) is 7.56.